The topological polar surface area (TPSA) is 77.0 Å². The van der Waals surface area contributed by atoms with Crippen molar-refractivity contribution in [2.45, 2.75) is 25.8 Å². The van der Waals surface area contributed by atoms with Crippen molar-refractivity contribution in [3.63, 3.8) is 0 Å². The first-order chi connectivity index (χ1) is 13.6. The largest absolute Gasteiger partial charge is 0.332 e. The van der Waals surface area contributed by atoms with E-state index in [1.165, 1.54) is 23.5 Å². The SMILES string of the molecule is CC1CCN(C(=O)c2nc(-c3cccs3)n(-c3ccc(F)cc3)n2)C(CN)C1.Cl. The molecule has 0 aliphatic carbocycles. The lowest BCUT2D eigenvalue weighted by Gasteiger charge is -2.37. The number of likely N-dealkylation sites (tertiary alicyclic amines) is 1. The number of nitrogens with two attached hydrogens (primary N) is 1. The van der Waals surface area contributed by atoms with Crippen molar-refractivity contribution >= 4 is 29.7 Å². The third kappa shape index (κ3) is 4.34. The molecule has 1 aliphatic heterocycles. The molecule has 1 saturated heterocycles. The average molecular weight is 436 g/mol. The molecule has 29 heavy (non-hydrogen) atoms. The summed E-state index contributed by atoms with van der Waals surface area (Å²) >= 11 is 1.51. The minimum atomic E-state index is -0.328. The highest BCUT2D eigenvalue weighted by molar-refractivity contribution is 7.13. The fourth-order valence-corrected chi connectivity index (χ4v) is 4.30. The van der Waals surface area contributed by atoms with E-state index >= 15 is 0 Å². The van der Waals surface area contributed by atoms with Crippen LogP contribution in [0.15, 0.2) is 41.8 Å². The van der Waals surface area contributed by atoms with Crippen LogP contribution in [-0.2, 0) is 0 Å². The highest BCUT2D eigenvalue weighted by Gasteiger charge is 2.32. The summed E-state index contributed by atoms with van der Waals surface area (Å²) in [5, 5.41) is 6.43. The lowest BCUT2D eigenvalue weighted by atomic mass is 9.92. The van der Waals surface area contributed by atoms with Gasteiger partial charge in [-0.05, 0) is 54.5 Å². The number of thiophene rings is 1. The van der Waals surface area contributed by atoms with Crippen molar-refractivity contribution in [2.24, 2.45) is 11.7 Å². The summed E-state index contributed by atoms with van der Waals surface area (Å²) < 4.78 is 15.0. The number of piperidine rings is 1. The van der Waals surface area contributed by atoms with Crippen LogP contribution in [0, 0.1) is 11.7 Å². The molecule has 2 aromatic heterocycles. The van der Waals surface area contributed by atoms with Gasteiger partial charge in [-0.3, -0.25) is 4.79 Å². The predicted molar refractivity (Wildman–Crippen MR) is 114 cm³/mol. The molecule has 1 fully saturated rings. The maximum atomic E-state index is 13.4. The second-order valence-electron chi connectivity index (χ2n) is 7.14. The van der Waals surface area contributed by atoms with Gasteiger partial charge in [0.15, 0.2) is 5.82 Å². The Kier molecular flexibility index (Phi) is 6.66. The van der Waals surface area contributed by atoms with Gasteiger partial charge >= 0.3 is 0 Å². The molecule has 0 spiro atoms. The number of halogens is 2. The van der Waals surface area contributed by atoms with E-state index in [4.69, 9.17) is 5.73 Å². The molecule has 154 valence electrons. The molecule has 1 aliphatic rings. The first-order valence-electron chi connectivity index (χ1n) is 9.34. The third-order valence-corrected chi connectivity index (χ3v) is 5.99. The summed E-state index contributed by atoms with van der Waals surface area (Å²) in [5.74, 6) is 0.719. The highest BCUT2D eigenvalue weighted by Crippen LogP contribution is 2.27. The first-order valence-corrected chi connectivity index (χ1v) is 10.2. The van der Waals surface area contributed by atoms with Gasteiger partial charge in [-0.1, -0.05) is 13.0 Å². The molecular formula is C20H23ClFN5OS. The number of carbonyl (C=O) groups is 1. The molecule has 2 N–H and O–H groups in total. The smallest absolute Gasteiger partial charge is 0.293 e. The van der Waals surface area contributed by atoms with E-state index in [-0.39, 0.29) is 36.0 Å². The maximum absolute atomic E-state index is 13.4. The van der Waals surface area contributed by atoms with Gasteiger partial charge in [0.05, 0.1) is 10.6 Å². The zero-order valence-corrected chi connectivity index (χ0v) is 17.6. The number of hydrogen-bond donors (Lipinski definition) is 1. The molecule has 0 saturated carbocycles. The quantitative estimate of drug-likeness (QED) is 0.676. The lowest BCUT2D eigenvalue weighted by Crippen LogP contribution is -2.49. The normalized spacial score (nSPS) is 19.1. The van der Waals surface area contributed by atoms with Crippen LogP contribution in [0.4, 0.5) is 4.39 Å². The van der Waals surface area contributed by atoms with E-state index in [0.717, 1.165) is 17.7 Å². The fraction of sp³-hybridized carbons (Fsp3) is 0.350. The standard InChI is InChI=1S/C20H22FN5OS.ClH/c1-13-8-9-25(16(11-13)12-22)20(27)18-23-19(17-3-2-10-28-17)26(24-18)15-6-4-14(21)5-7-15;/h2-7,10,13,16H,8-9,11-12,22H2,1H3;1H. The first kappa shape index (κ1) is 21.4. The second-order valence-corrected chi connectivity index (χ2v) is 8.09. The van der Waals surface area contributed by atoms with Crippen LogP contribution in [0.5, 0.6) is 0 Å². The van der Waals surface area contributed by atoms with Gasteiger partial charge in [-0.25, -0.2) is 14.1 Å². The Morgan fingerprint density at radius 3 is 2.72 bits per heavy atom. The molecule has 0 radical (unpaired) electrons. The van der Waals surface area contributed by atoms with E-state index < -0.39 is 0 Å². The highest BCUT2D eigenvalue weighted by atomic mass is 35.5. The molecule has 3 heterocycles. The van der Waals surface area contributed by atoms with Crippen LogP contribution in [-0.4, -0.2) is 44.7 Å². The Morgan fingerprint density at radius 1 is 1.31 bits per heavy atom. The van der Waals surface area contributed by atoms with Crippen LogP contribution < -0.4 is 5.73 Å². The summed E-state index contributed by atoms with van der Waals surface area (Å²) in [6.07, 6.45) is 1.83. The van der Waals surface area contributed by atoms with Gasteiger partial charge in [-0.2, -0.15) is 0 Å². The van der Waals surface area contributed by atoms with E-state index in [0.29, 0.717) is 30.5 Å². The van der Waals surface area contributed by atoms with Gasteiger partial charge in [0.1, 0.15) is 5.82 Å². The van der Waals surface area contributed by atoms with Gasteiger partial charge < -0.3 is 10.6 Å². The number of carbonyl (C=O) groups excluding carboxylic acids is 1. The van der Waals surface area contributed by atoms with Crippen molar-refractivity contribution in [3.05, 3.63) is 53.4 Å². The number of nitrogens with zero attached hydrogens (tertiary/aromatic N) is 4. The molecule has 2 unspecified atom stereocenters. The number of hydrogen-bond acceptors (Lipinski definition) is 5. The van der Waals surface area contributed by atoms with Gasteiger partial charge in [0, 0.05) is 19.1 Å². The van der Waals surface area contributed by atoms with Crippen LogP contribution >= 0.6 is 23.7 Å². The molecule has 4 rings (SSSR count). The minimum Gasteiger partial charge on any atom is -0.332 e. The Labute approximate surface area is 179 Å². The van der Waals surface area contributed by atoms with Crippen molar-refractivity contribution in [1.29, 1.82) is 0 Å². The third-order valence-electron chi connectivity index (χ3n) is 5.12. The van der Waals surface area contributed by atoms with E-state index in [1.54, 1.807) is 21.7 Å². The monoisotopic (exact) mass is 435 g/mol. The number of amides is 1. The van der Waals surface area contributed by atoms with Gasteiger partial charge in [0.25, 0.3) is 5.91 Å². The Balaban J connectivity index is 0.00000240. The summed E-state index contributed by atoms with van der Waals surface area (Å²) in [5.41, 5.74) is 6.57. The van der Waals surface area contributed by atoms with Crippen molar-refractivity contribution < 1.29 is 9.18 Å². The summed E-state index contributed by atoms with van der Waals surface area (Å²) in [4.78, 5) is 20.4. The fourth-order valence-electron chi connectivity index (χ4n) is 3.60. The molecule has 1 aromatic carbocycles. The van der Waals surface area contributed by atoms with E-state index in [9.17, 15) is 9.18 Å². The summed E-state index contributed by atoms with van der Waals surface area (Å²) in [6, 6.07) is 9.83. The van der Waals surface area contributed by atoms with E-state index in [2.05, 4.69) is 17.0 Å². The van der Waals surface area contributed by atoms with Crippen LogP contribution in [0.25, 0.3) is 16.4 Å². The molecular weight excluding hydrogens is 413 g/mol. The predicted octanol–water partition coefficient (Wildman–Crippen LogP) is 3.76. The Hall–Kier alpha value is -2.29. The van der Waals surface area contributed by atoms with Crippen LogP contribution in [0.1, 0.15) is 30.4 Å². The van der Waals surface area contributed by atoms with Crippen molar-refractivity contribution in [2.75, 3.05) is 13.1 Å². The number of benzene rings is 1. The number of aromatic nitrogens is 3. The molecule has 2 atom stereocenters. The summed E-state index contributed by atoms with van der Waals surface area (Å²) in [7, 11) is 0. The molecule has 0 bridgehead atoms. The Bertz CT molecular complexity index is 960. The van der Waals surface area contributed by atoms with Gasteiger partial charge in [-0.15, -0.1) is 28.8 Å². The van der Waals surface area contributed by atoms with Crippen LogP contribution in [0.2, 0.25) is 0 Å². The van der Waals surface area contributed by atoms with Crippen molar-refractivity contribution in [1.82, 2.24) is 19.7 Å². The molecule has 1 amide bonds. The zero-order chi connectivity index (χ0) is 19.7. The molecule has 6 nitrogen and oxygen atoms in total. The minimum absolute atomic E-state index is 0. The molecule has 3 aromatic rings. The van der Waals surface area contributed by atoms with Gasteiger partial charge in [0.2, 0.25) is 5.82 Å². The maximum Gasteiger partial charge on any atom is 0.293 e. The Morgan fingerprint density at radius 2 is 2.07 bits per heavy atom. The molecule has 9 heteroatoms. The summed E-state index contributed by atoms with van der Waals surface area (Å²) in [6.45, 7) is 3.26. The van der Waals surface area contributed by atoms with Crippen molar-refractivity contribution in [3.8, 4) is 16.4 Å². The average Bonchev–Trinajstić information content (AvgIpc) is 3.37. The number of rotatable bonds is 4. The van der Waals surface area contributed by atoms with E-state index in [1.807, 2.05) is 17.5 Å². The van der Waals surface area contributed by atoms with Crippen LogP contribution in [0.3, 0.4) is 0 Å². The second kappa shape index (κ2) is 9.02. The lowest BCUT2D eigenvalue weighted by molar-refractivity contribution is 0.0561. The zero-order valence-electron chi connectivity index (χ0n) is 16.0.